The summed E-state index contributed by atoms with van der Waals surface area (Å²) in [7, 11) is 2.17. The number of hydrogen-bond donors (Lipinski definition) is 2. The number of piperidine rings is 1. The number of nitrogens with one attached hydrogen (secondary N) is 1. The molecule has 1 saturated heterocycles. The van der Waals surface area contributed by atoms with Gasteiger partial charge in [0.1, 0.15) is 0 Å². The molecule has 88 valence electrons. The van der Waals surface area contributed by atoms with Gasteiger partial charge in [0.05, 0.1) is 0 Å². The van der Waals surface area contributed by atoms with E-state index in [0.717, 1.165) is 13.1 Å². The van der Waals surface area contributed by atoms with Gasteiger partial charge in [-0.05, 0) is 32.4 Å². The molecule has 1 aliphatic rings. The van der Waals surface area contributed by atoms with Gasteiger partial charge in [-0.1, -0.05) is 0 Å². The molecule has 3 N–H and O–H groups in total. The van der Waals surface area contributed by atoms with Gasteiger partial charge in [0.2, 0.25) is 0 Å². The van der Waals surface area contributed by atoms with Crippen LogP contribution in [-0.2, 0) is 0 Å². The molecule has 0 amide bonds. The third-order valence-electron chi connectivity index (χ3n) is 3.01. The van der Waals surface area contributed by atoms with Crippen LogP contribution in [0.15, 0.2) is 12.4 Å². The van der Waals surface area contributed by atoms with Crippen LogP contribution in [0.25, 0.3) is 0 Å². The van der Waals surface area contributed by atoms with E-state index in [1.807, 2.05) is 0 Å². The van der Waals surface area contributed by atoms with Crippen molar-refractivity contribution in [3.63, 3.8) is 0 Å². The second kappa shape index (κ2) is 5.12. The Balaban J connectivity index is 1.85. The zero-order valence-electron chi connectivity index (χ0n) is 9.69. The van der Waals surface area contributed by atoms with Crippen LogP contribution in [0.4, 0.5) is 11.6 Å². The van der Waals surface area contributed by atoms with Crippen molar-refractivity contribution in [2.24, 2.45) is 5.92 Å². The van der Waals surface area contributed by atoms with Gasteiger partial charge >= 0.3 is 0 Å². The summed E-state index contributed by atoms with van der Waals surface area (Å²) in [6.07, 6.45) is 5.82. The van der Waals surface area contributed by atoms with Gasteiger partial charge in [-0.2, -0.15) is 0 Å². The molecule has 1 aliphatic heterocycles. The molecule has 0 radical (unpaired) electrons. The van der Waals surface area contributed by atoms with Crippen molar-refractivity contribution < 1.29 is 0 Å². The van der Waals surface area contributed by atoms with Crippen LogP contribution in [0.2, 0.25) is 0 Å². The molecule has 0 saturated carbocycles. The zero-order chi connectivity index (χ0) is 11.4. The average molecular weight is 221 g/mol. The summed E-state index contributed by atoms with van der Waals surface area (Å²) >= 11 is 0. The lowest BCUT2D eigenvalue weighted by Gasteiger charge is -2.29. The van der Waals surface area contributed by atoms with Crippen LogP contribution in [0.5, 0.6) is 0 Å². The predicted molar refractivity (Wildman–Crippen MR) is 65.2 cm³/mol. The van der Waals surface area contributed by atoms with E-state index in [1.165, 1.54) is 19.4 Å². The maximum absolute atomic E-state index is 5.72. The summed E-state index contributed by atoms with van der Waals surface area (Å²) in [4.78, 5) is 10.5. The number of rotatable bonds is 3. The highest BCUT2D eigenvalue weighted by molar-refractivity contribution is 5.54. The minimum atomic E-state index is 0.478. The van der Waals surface area contributed by atoms with E-state index in [9.17, 15) is 0 Å². The molecule has 2 rings (SSSR count). The predicted octanol–water partition coefficient (Wildman–Crippen LogP) is 0.812. The Morgan fingerprint density at radius 3 is 3.06 bits per heavy atom. The molecule has 0 aromatic carbocycles. The second-order valence-electron chi connectivity index (χ2n) is 4.44. The van der Waals surface area contributed by atoms with Crippen LogP contribution < -0.4 is 11.1 Å². The first-order valence-electron chi connectivity index (χ1n) is 5.74. The molecule has 5 nitrogen and oxygen atoms in total. The summed E-state index contributed by atoms with van der Waals surface area (Å²) in [6.45, 7) is 3.28. The fourth-order valence-corrected chi connectivity index (χ4v) is 2.17. The zero-order valence-corrected chi connectivity index (χ0v) is 9.69. The van der Waals surface area contributed by atoms with Crippen molar-refractivity contribution in [1.29, 1.82) is 0 Å². The fourth-order valence-electron chi connectivity index (χ4n) is 2.17. The topological polar surface area (TPSA) is 67.1 Å². The van der Waals surface area contributed by atoms with E-state index >= 15 is 0 Å². The highest BCUT2D eigenvalue weighted by atomic mass is 15.1. The van der Waals surface area contributed by atoms with Crippen LogP contribution in [-0.4, -0.2) is 41.5 Å². The third-order valence-corrected chi connectivity index (χ3v) is 3.01. The van der Waals surface area contributed by atoms with E-state index in [2.05, 4.69) is 27.2 Å². The lowest BCUT2D eigenvalue weighted by Crippen LogP contribution is -2.35. The minimum Gasteiger partial charge on any atom is -0.381 e. The van der Waals surface area contributed by atoms with Crippen molar-refractivity contribution >= 4 is 11.6 Å². The molecule has 0 spiro atoms. The maximum atomic E-state index is 5.72. The van der Waals surface area contributed by atoms with E-state index in [-0.39, 0.29) is 0 Å². The first-order chi connectivity index (χ1) is 7.75. The van der Waals surface area contributed by atoms with Crippen LogP contribution in [0.1, 0.15) is 12.8 Å². The lowest BCUT2D eigenvalue weighted by atomic mass is 9.98. The highest BCUT2D eigenvalue weighted by Gasteiger charge is 2.17. The molecule has 1 aromatic heterocycles. The van der Waals surface area contributed by atoms with E-state index in [1.54, 1.807) is 12.4 Å². The second-order valence-corrected chi connectivity index (χ2v) is 4.44. The Bertz CT molecular complexity index is 341. The molecule has 1 atom stereocenters. The van der Waals surface area contributed by atoms with E-state index < -0.39 is 0 Å². The molecule has 5 heteroatoms. The molecule has 1 fully saturated rings. The van der Waals surface area contributed by atoms with Gasteiger partial charge in [0.25, 0.3) is 0 Å². The monoisotopic (exact) mass is 221 g/mol. The van der Waals surface area contributed by atoms with Crippen molar-refractivity contribution in [3.8, 4) is 0 Å². The normalized spacial score (nSPS) is 21.9. The first-order valence-corrected chi connectivity index (χ1v) is 5.74. The SMILES string of the molecule is CN1CCCC(CNc2nccnc2N)C1. The minimum absolute atomic E-state index is 0.478. The van der Waals surface area contributed by atoms with Gasteiger partial charge in [-0.25, -0.2) is 9.97 Å². The van der Waals surface area contributed by atoms with Crippen molar-refractivity contribution in [1.82, 2.24) is 14.9 Å². The fraction of sp³-hybridized carbons (Fsp3) is 0.636. The number of nitrogens with zero attached hydrogens (tertiary/aromatic N) is 3. The summed E-state index contributed by atoms with van der Waals surface area (Å²) in [5.74, 6) is 1.86. The molecular formula is C11H19N5. The standard InChI is InChI=1S/C11H19N5/c1-16-6-2-3-9(8-16)7-15-11-10(12)13-4-5-14-11/h4-5,9H,2-3,6-8H2,1H3,(H2,12,13)(H,14,15). The van der Waals surface area contributed by atoms with Crippen molar-refractivity contribution in [2.75, 3.05) is 37.7 Å². The Kier molecular flexibility index (Phi) is 3.56. The molecular weight excluding hydrogens is 202 g/mol. The third kappa shape index (κ3) is 2.82. The summed E-state index contributed by atoms with van der Waals surface area (Å²) < 4.78 is 0. The Labute approximate surface area is 96.1 Å². The van der Waals surface area contributed by atoms with Gasteiger partial charge in [-0.15, -0.1) is 0 Å². The largest absolute Gasteiger partial charge is 0.381 e. The maximum Gasteiger partial charge on any atom is 0.168 e. The Hall–Kier alpha value is -1.36. The molecule has 0 aliphatic carbocycles. The van der Waals surface area contributed by atoms with Gasteiger partial charge in [-0.3, -0.25) is 0 Å². The molecule has 1 unspecified atom stereocenters. The number of aromatic nitrogens is 2. The summed E-state index contributed by atoms with van der Waals surface area (Å²) in [5.41, 5.74) is 5.72. The highest BCUT2D eigenvalue weighted by Crippen LogP contribution is 2.17. The van der Waals surface area contributed by atoms with Gasteiger partial charge in [0.15, 0.2) is 11.6 Å². The molecule has 16 heavy (non-hydrogen) atoms. The summed E-state index contributed by atoms with van der Waals surface area (Å²) in [6, 6.07) is 0. The number of anilines is 2. The molecule has 2 heterocycles. The summed E-state index contributed by atoms with van der Waals surface area (Å²) in [5, 5.41) is 3.28. The Morgan fingerprint density at radius 1 is 1.50 bits per heavy atom. The van der Waals surface area contributed by atoms with Crippen LogP contribution in [0, 0.1) is 5.92 Å². The van der Waals surface area contributed by atoms with E-state index in [0.29, 0.717) is 17.6 Å². The smallest absolute Gasteiger partial charge is 0.168 e. The lowest BCUT2D eigenvalue weighted by molar-refractivity contribution is 0.217. The quantitative estimate of drug-likeness (QED) is 0.790. The van der Waals surface area contributed by atoms with Crippen LogP contribution in [0.3, 0.4) is 0 Å². The van der Waals surface area contributed by atoms with E-state index in [4.69, 9.17) is 5.73 Å². The number of nitrogens with two attached hydrogens (primary N) is 1. The van der Waals surface area contributed by atoms with Crippen LogP contribution >= 0.6 is 0 Å². The molecule has 1 aromatic rings. The molecule has 0 bridgehead atoms. The number of hydrogen-bond acceptors (Lipinski definition) is 5. The van der Waals surface area contributed by atoms with Crippen molar-refractivity contribution in [3.05, 3.63) is 12.4 Å². The van der Waals surface area contributed by atoms with Gasteiger partial charge < -0.3 is 16.0 Å². The number of nitrogen functional groups attached to an aromatic ring is 1. The first kappa shape index (κ1) is 11.1. The number of likely N-dealkylation sites (tertiary alicyclic amines) is 1. The van der Waals surface area contributed by atoms with Crippen molar-refractivity contribution in [2.45, 2.75) is 12.8 Å². The average Bonchev–Trinajstić information content (AvgIpc) is 2.28. The Morgan fingerprint density at radius 2 is 2.31 bits per heavy atom. The van der Waals surface area contributed by atoms with Gasteiger partial charge in [0, 0.05) is 25.5 Å².